The first-order chi connectivity index (χ1) is 9.35. The minimum atomic E-state index is -4.41. The van der Waals surface area contributed by atoms with Crippen LogP contribution < -0.4 is 5.73 Å². The number of phenolic OH excluding ortho intramolecular Hbond substituents is 1. The molecule has 0 atom stereocenters. The van der Waals surface area contributed by atoms with Crippen LogP contribution in [0.4, 0.5) is 18.9 Å². The molecular weight excluding hydrogens is 279 g/mol. The minimum absolute atomic E-state index is 0.0273. The summed E-state index contributed by atoms with van der Waals surface area (Å²) in [6, 6.07) is 4.28. The first-order valence-electron chi connectivity index (χ1n) is 5.41. The molecule has 108 valence electrons. The van der Waals surface area contributed by atoms with Crippen molar-refractivity contribution in [2.75, 3.05) is 12.3 Å². The summed E-state index contributed by atoms with van der Waals surface area (Å²) in [5.74, 6) is -0.137. The molecule has 0 fully saturated rings. The van der Waals surface area contributed by atoms with Crippen LogP contribution in [-0.2, 0) is 11.3 Å². The molecule has 0 saturated heterocycles. The Morgan fingerprint density at radius 2 is 2.10 bits per heavy atom. The van der Waals surface area contributed by atoms with Crippen molar-refractivity contribution >= 4 is 5.69 Å². The number of benzene rings is 1. The lowest BCUT2D eigenvalue weighted by Crippen LogP contribution is -2.16. The Labute approximate surface area is 111 Å². The predicted octanol–water partition coefficient (Wildman–Crippen LogP) is 2.10. The summed E-state index contributed by atoms with van der Waals surface area (Å²) < 4.78 is 44.9. The van der Waals surface area contributed by atoms with Gasteiger partial charge in [-0.15, -0.1) is 0 Å². The summed E-state index contributed by atoms with van der Waals surface area (Å²) in [6.07, 6.45) is -4.41. The van der Waals surface area contributed by atoms with Crippen LogP contribution in [0.25, 0.3) is 11.5 Å². The van der Waals surface area contributed by atoms with Gasteiger partial charge in [0.15, 0.2) is 5.82 Å². The minimum Gasteiger partial charge on any atom is -0.506 e. The van der Waals surface area contributed by atoms with Crippen molar-refractivity contribution in [1.82, 2.24) is 10.1 Å². The highest BCUT2D eigenvalue weighted by Crippen LogP contribution is 2.26. The molecule has 0 aliphatic carbocycles. The Bertz CT molecular complexity index is 598. The number of aromatic nitrogens is 2. The summed E-state index contributed by atoms with van der Waals surface area (Å²) in [6.45, 7) is -1.82. The van der Waals surface area contributed by atoms with E-state index >= 15 is 0 Å². The van der Waals surface area contributed by atoms with E-state index < -0.39 is 19.4 Å². The Morgan fingerprint density at radius 1 is 1.35 bits per heavy atom. The molecule has 0 unspecified atom stereocenters. The molecule has 2 aromatic rings. The van der Waals surface area contributed by atoms with Crippen LogP contribution >= 0.6 is 0 Å². The van der Waals surface area contributed by atoms with Crippen molar-refractivity contribution in [1.29, 1.82) is 0 Å². The largest absolute Gasteiger partial charge is 0.506 e. The average Bonchev–Trinajstić information content (AvgIpc) is 2.80. The molecule has 0 bridgehead atoms. The van der Waals surface area contributed by atoms with Crippen LogP contribution in [0.3, 0.4) is 0 Å². The number of phenols is 1. The Morgan fingerprint density at radius 3 is 2.75 bits per heavy atom. The van der Waals surface area contributed by atoms with Gasteiger partial charge in [-0.1, -0.05) is 5.16 Å². The number of halogens is 3. The van der Waals surface area contributed by atoms with Gasteiger partial charge >= 0.3 is 6.18 Å². The lowest BCUT2D eigenvalue weighted by atomic mass is 10.2. The van der Waals surface area contributed by atoms with Gasteiger partial charge in [-0.05, 0) is 18.2 Å². The molecule has 1 heterocycles. The highest BCUT2D eigenvalue weighted by molar-refractivity contribution is 5.63. The number of alkyl halides is 3. The van der Waals surface area contributed by atoms with Crippen LogP contribution in [0.5, 0.6) is 5.75 Å². The van der Waals surface area contributed by atoms with Gasteiger partial charge in [-0.2, -0.15) is 18.2 Å². The molecule has 0 amide bonds. The standard InChI is InChI=1S/C11H10F3N3O3/c12-11(13,14)5-19-4-9-16-10(20-17-9)6-1-2-7(15)8(18)3-6/h1-3,18H,4-5,15H2. The van der Waals surface area contributed by atoms with Crippen molar-refractivity contribution in [3.8, 4) is 17.2 Å². The highest BCUT2D eigenvalue weighted by Gasteiger charge is 2.27. The second-order valence-corrected chi connectivity index (χ2v) is 3.90. The molecule has 1 aromatic heterocycles. The number of aromatic hydroxyl groups is 1. The third kappa shape index (κ3) is 3.60. The lowest BCUT2D eigenvalue weighted by Gasteiger charge is -2.04. The maximum Gasteiger partial charge on any atom is 0.411 e. The molecule has 0 spiro atoms. The molecule has 2 rings (SSSR count). The van der Waals surface area contributed by atoms with Crippen LogP contribution in [-0.4, -0.2) is 28.0 Å². The van der Waals surface area contributed by atoms with Crippen molar-refractivity contribution < 1.29 is 27.5 Å². The van der Waals surface area contributed by atoms with E-state index in [1.54, 1.807) is 0 Å². The predicted molar refractivity (Wildman–Crippen MR) is 61.5 cm³/mol. The van der Waals surface area contributed by atoms with Crippen LogP contribution in [0.15, 0.2) is 22.7 Å². The van der Waals surface area contributed by atoms with E-state index in [1.807, 2.05) is 0 Å². The Kier molecular flexibility index (Phi) is 3.79. The number of nitrogens with zero attached hydrogens (tertiary/aromatic N) is 2. The summed E-state index contributed by atoms with van der Waals surface area (Å²) in [7, 11) is 0. The Hall–Kier alpha value is -2.29. The Balaban J connectivity index is 2.03. The van der Waals surface area contributed by atoms with E-state index in [9.17, 15) is 18.3 Å². The first-order valence-corrected chi connectivity index (χ1v) is 5.41. The second kappa shape index (κ2) is 5.37. The fourth-order valence-electron chi connectivity index (χ4n) is 1.36. The monoisotopic (exact) mass is 289 g/mol. The van der Waals surface area contributed by atoms with Gasteiger partial charge in [0.25, 0.3) is 5.89 Å². The van der Waals surface area contributed by atoms with Crippen LogP contribution in [0.2, 0.25) is 0 Å². The summed E-state index contributed by atoms with van der Waals surface area (Å²) in [5.41, 5.74) is 6.01. The van der Waals surface area contributed by atoms with Gasteiger partial charge in [0.2, 0.25) is 0 Å². The van der Waals surface area contributed by atoms with Gasteiger partial charge in [0.05, 0.1) is 5.69 Å². The third-order valence-corrected chi connectivity index (χ3v) is 2.24. The molecule has 0 aliphatic rings. The maximum atomic E-state index is 11.9. The average molecular weight is 289 g/mol. The molecule has 0 saturated carbocycles. The first kappa shape index (κ1) is 14.1. The number of hydrogen-bond acceptors (Lipinski definition) is 6. The van der Waals surface area contributed by atoms with E-state index in [0.29, 0.717) is 5.56 Å². The van der Waals surface area contributed by atoms with E-state index in [-0.39, 0.29) is 23.2 Å². The van der Waals surface area contributed by atoms with Crippen molar-refractivity contribution in [2.24, 2.45) is 0 Å². The molecular formula is C11H10F3N3O3. The maximum absolute atomic E-state index is 11.9. The number of anilines is 1. The van der Waals surface area contributed by atoms with Crippen molar-refractivity contribution in [3.05, 3.63) is 24.0 Å². The van der Waals surface area contributed by atoms with E-state index in [2.05, 4.69) is 14.9 Å². The quantitative estimate of drug-likeness (QED) is 0.661. The van der Waals surface area contributed by atoms with Gasteiger partial charge in [-0.3, -0.25) is 0 Å². The number of ether oxygens (including phenoxy) is 1. The fraction of sp³-hybridized carbons (Fsp3) is 0.273. The molecule has 6 nitrogen and oxygen atoms in total. The van der Waals surface area contributed by atoms with Crippen LogP contribution in [0, 0.1) is 0 Å². The van der Waals surface area contributed by atoms with Gasteiger partial charge < -0.3 is 20.1 Å². The molecule has 0 aliphatic heterocycles. The molecule has 3 N–H and O–H groups in total. The van der Waals surface area contributed by atoms with Crippen molar-refractivity contribution in [3.63, 3.8) is 0 Å². The number of nitrogens with two attached hydrogens (primary N) is 1. The summed E-state index contributed by atoms with van der Waals surface area (Å²) >= 11 is 0. The number of nitrogen functional groups attached to an aromatic ring is 1. The zero-order valence-corrected chi connectivity index (χ0v) is 10.0. The summed E-state index contributed by atoms with van der Waals surface area (Å²) in [4.78, 5) is 3.85. The molecule has 1 aromatic carbocycles. The zero-order valence-electron chi connectivity index (χ0n) is 10.0. The van der Waals surface area contributed by atoms with Gasteiger partial charge in [0, 0.05) is 5.56 Å². The molecule has 9 heteroatoms. The third-order valence-electron chi connectivity index (χ3n) is 2.24. The topological polar surface area (TPSA) is 94.4 Å². The van der Waals surface area contributed by atoms with E-state index in [1.165, 1.54) is 18.2 Å². The second-order valence-electron chi connectivity index (χ2n) is 3.90. The number of hydrogen-bond donors (Lipinski definition) is 2. The zero-order chi connectivity index (χ0) is 14.8. The van der Waals surface area contributed by atoms with Gasteiger partial charge in [-0.25, -0.2) is 0 Å². The molecule has 0 radical (unpaired) electrons. The normalized spacial score (nSPS) is 11.8. The fourth-order valence-corrected chi connectivity index (χ4v) is 1.36. The van der Waals surface area contributed by atoms with Crippen molar-refractivity contribution in [2.45, 2.75) is 12.8 Å². The smallest absolute Gasteiger partial charge is 0.411 e. The van der Waals surface area contributed by atoms with E-state index in [4.69, 9.17) is 10.3 Å². The summed E-state index contributed by atoms with van der Waals surface area (Å²) in [5, 5.41) is 12.9. The SMILES string of the molecule is Nc1ccc(-c2nc(COCC(F)(F)F)no2)cc1O. The number of rotatable bonds is 4. The van der Waals surface area contributed by atoms with Gasteiger partial charge in [0.1, 0.15) is 19.0 Å². The highest BCUT2D eigenvalue weighted by atomic mass is 19.4. The lowest BCUT2D eigenvalue weighted by molar-refractivity contribution is -0.177. The van der Waals surface area contributed by atoms with Crippen LogP contribution in [0.1, 0.15) is 5.82 Å². The van der Waals surface area contributed by atoms with E-state index in [0.717, 1.165) is 0 Å². The molecule has 20 heavy (non-hydrogen) atoms.